The molecule has 4 rings (SSSR count). The average Bonchev–Trinajstić information content (AvgIpc) is 3.01. The van der Waals surface area contributed by atoms with Crippen molar-refractivity contribution >= 4 is 33.3 Å². The van der Waals surface area contributed by atoms with Crippen LogP contribution in [-0.2, 0) is 0 Å². The Hall–Kier alpha value is -1.60. The van der Waals surface area contributed by atoms with Crippen LogP contribution in [0, 0.1) is 0 Å². The molecule has 1 aliphatic rings. The van der Waals surface area contributed by atoms with Crippen molar-refractivity contribution < 1.29 is 0 Å². The second-order valence-corrected chi connectivity index (χ2v) is 6.10. The van der Waals surface area contributed by atoms with Gasteiger partial charge in [-0.25, -0.2) is 0 Å². The van der Waals surface area contributed by atoms with Crippen LogP contribution >= 0.6 is 11.6 Å². The number of nitrogens with zero attached hydrogens (tertiary/aromatic N) is 1. The average molecular weight is 282 g/mol. The lowest BCUT2D eigenvalue weighted by Gasteiger charge is -2.12. The molecule has 1 saturated carbocycles. The molecule has 3 aromatic rings. The molecule has 1 heterocycles. The Bertz CT molecular complexity index is 788. The number of aromatic nitrogens is 1. The van der Waals surface area contributed by atoms with Gasteiger partial charge < -0.3 is 0 Å². The molecule has 1 aliphatic carbocycles. The van der Waals surface area contributed by atoms with Gasteiger partial charge in [0.1, 0.15) is 0 Å². The Morgan fingerprint density at radius 3 is 2.60 bits per heavy atom. The summed E-state index contributed by atoms with van der Waals surface area (Å²) in [6.07, 6.45) is 5.13. The van der Waals surface area contributed by atoms with Crippen molar-refractivity contribution in [3.63, 3.8) is 0 Å². The third kappa shape index (κ3) is 1.89. The zero-order valence-electron chi connectivity index (χ0n) is 11.3. The van der Waals surface area contributed by atoms with E-state index in [0.29, 0.717) is 5.92 Å². The van der Waals surface area contributed by atoms with Gasteiger partial charge >= 0.3 is 0 Å². The summed E-state index contributed by atoms with van der Waals surface area (Å²) in [6, 6.07) is 14.7. The minimum atomic E-state index is 0.593. The van der Waals surface area contributed by atoms with E-state index < -0.39 is 0 Å². The van der Waals surface area contributed by atoms with Gasteiger partial charge in [0.15, 0.2) is 0 Å². The van der Waals surface area contributed by atoms with Crippen LogP contribution in [0.5, 0.6) is 0 Å². The number of benzene rings is 2. The first-order chi connectivity index (χ1) is 9.83. The molecule has 0 spiro atoms. The first-order valence-corrected chi connectivity index (χ1v) is 7.68. The number of halogens is 1. The van der Waals surface area contributed by atoms with E-state index in [4.69, 9.17) is 16.6 Å². The summed E-state index contributed by atoms with van der Waals surface area (Å²) in [6.45, 7) is 0. The Balaban J connectivity index is 2.02. The fourth-order valence-electron chi connectivity index (χ4n) is 3.37. The Morgan fingerprint density at radius 2 is 1.75 bits per heavy atom. The molecule has 0 N–H and O–H groups in total. The predicted molar refractivity (Wildman–Crippen MR) is 85.5 cm³/mol. The molecule has 0 unspecified atom stereocenters. The Labute approximate surface area is 123 Å². The predicted octanol–water partition coefficient (Wildman–Crippen LogP) is 5.70. The largest absolute Gasteiger partial charge is 0.252 e. The molecule has 1 nitrogen and oxygen atoms in total. The molecular formula is C18H16ClN. The highest BCUT2D eigenvalue weighted by Crippen LogP contribution is 2.37. The fraction of sp³-hybridized carbons (Fsp3) is 0.278. The van der Waals surface area contributed by atoms with Crippen LogP contribution in [-0.4, -0.2) is 4.98 Å². The standard InChI is InChI=1S/C18H16ClN/c19-16-11-17(13-6-1-2-7-13)20-18-14-8-4-3-5-12(14)9-10-15(16)18/h3-5,8-11,13H,1-2,6-7H2. The van der Waals surface area contributed by atoms with Crippen molar-refractivity contribution in [2.24, 2.45) is 0 Å². The Morgan fingerprint density at radius 1 is 0.950 bits per heavy atom. The lowest BCUT2D eigenvalue weighted by Crippen LogP contribution is -1.97. The molecule has 1 aromatic heterocycles. The van der Waals surface area contributed by atoms with Gasteiger partial charge in [-0.15, -0.1) is 0 Å². The molecule has 0 atom stereocenters. The summed E-state index contributed by atoms with van der Waals surface area (Å²) >= 11 is 6.50. The topological polar surface area (TPSA) is 12.9 Å². The van der Waals surface area contributed by atoms with E-state index in [1.54, 1.807) is 0 Å². The van der Waals surface area contributed by atoms with E-state index >= 15 is 0 Å². The first kappa shape index (κ1) is 12.2. The van der Waals surface area contributed by atoms with Gasteiger partial charge in [0.2, 0.25) is 0 Å². The molecule has 1 fully saturated rings. The van der Waals surface area contributed by atoms with Crippen molar-refractivity contribution in [1.29, 1.82) is 0 Å². The molecule has 2 aromatic carbocycles. The number of rotatable bonds is 1. The summed E-state index contributed by atoms with van der Waals surface area (Å²) in [4.78, 5) is 4.96. The molecule has 0 saturated heterocycles. The number of hydrogen-bond donors (Lipinski definition) is 0. The third-order valence-electron chi connectivity index (χ3n) is 4.45. The van der Waals surface area contributed by atoms with Gasteiger partial charge in [0.05, 0.1) is 10.5 Å². The van der Waals surface area contributed by atoms with Crippen LogP contribution in [0.4, 0.5) is 0 Å². The van der Waals surface area contributed by atoms with E-state index in [-0.39, 0.29) is 0 Å². The molecule has 0 amide bonds. The van der Waals surface area contributed by atoms with Crippen molar-refractivity contribution in [2.45, 2.75) is 31.6 Å². The summed E-state index contributed by atoms with van der Waals surface area (Å²) in [5.74, 6) is 0.593. The Kier molecular flexibility index (Phi) is 2.89. The molecule has 2 heteroatoms. The van der Waals surface area contributed by atoms with E-state index in [2.05, 4.69) is 42.5 Å². The van der Waals surface area contributed by atoms with Gasteiger partial charge in [-0.3, -0.25) is 4.98 Å². The van der Waals surface area contributed by atoms with Gasteiger partial charge in [-0.1, -0.05) is 60.8 Å². The smallest absolute Gasteiger partial charge is 0.0798 e. The highest BCUT2D eigenvalue weighted by Gasteiger charge is 2.20. The summed E-state index contributed by atoms with van der Waals surface area (Å²) in [5, 5.41) is 4.33. The first-order valence-electron chi connectivity index (χ1n) is 7.31. The van der Waals surface area contributed by atoms with Crippen molar-refractivity contribution in [3.05, 3.63) is 53.2 Å². The third-order valence-corrected chi connectivity index (χ3v) is 4.76. The molecular weight excluding hydrogens is 266 g/mol. The minimum absolute atomic E-state index is 0.593. The van der Waals surface area contributed by atoms with Gasteiger partial charge in [0, 0.05) is 22.4 Å². The molecule has 0 radical (unpaired) electrons. The SMILES string of the molecule is Clc1cc(C2CCCC2)nc2c1ccc1ccccc12. The van der Waals surface area contributed by atoms with Crippen LogP contribution < -0.4 is 0 Å². The van der Waals surface area contributed by atoms with Crippen LogP contribution in [0.15, 0.2) is 42.5 Å². The maximum atomic E-state index is 6.50. The zero-order valence-corrected chi connectivity index (χ0v) is 12.0. The molecule has 0 bridgehead atoms. The normalized spacial score (nSPS) is 16.2. The summed E-state index contributed by atoms with van der Waals surface area (Å²) < 4.78 is 0. The molecule has 100 valence electrons. The zero-order chi connectivity index (χ0) is 13.5. The van der Waals surface area contributed by atoms with E-state index in [9.17, 15) is 0 Å². The maximum Gasteiger partial charge on any atom is 0.0798 e. The molecule has 0 aliphatic heterocycles. The fourth-order valence-corrected chi connectivity index (χ4v) is 3.63. The van der Waals surface area contributed by atoms with Crippen LogP contribution in [0.25, 0.3) is 21.7 Å². The van der Waals surface area contributed by atoms with Crippen molar-refractivity contribution in [2.75, 3.05) is 0 Å². The lowest BCUT2D eigenvalue weighted by molar-refractivity contribution is 0.701. The van der Waals surface area contributed by atoms with Crippen molar-refractivity contribution in [1.82, 2.24) is 4.98 Å². The van der Waals surface area contributed by atoms with Crippen LogP contribution in [0.3, 0.4) is 0 Å². The number of hydrogen-bond acceptors (Lipinski definition) is 1. The van der Waals surface area contributed by atoms with Crippen molar-refractivity contribution in [3.8, 4) is 0 Å². The van der Waals surface area contributed by atoms with E-state index in [1.165, 1.54) is 42.1 Å². The summed E-state index contributed by atoms with van der Waals surface area (Å²) in [5.41, 5.74) is 2.23. The van der Waals surface area contributed by atoms with E-state index in [0.717, 1.165) is 15.9 Å². The number of pyridine rings is 1. The number of fused-ring (bicyclic) bond motifs is 3. The quantitative estimate of drug-likeness (QED) is 0.521. The highest BCUT2D eigenvalue weighted by molar-refractivity contribution is 6.36. The highest BCUT2D eigenvalue weighted by atomic mass is 35.5. The van der Waals surface area contributed by atoms with E-state index in [1.807, 2.05) is 0 Å². The lowest BCUT2D eigenvalue weighted by atomic mass is 10.0. The second-order valence-electron chi connectivity index (χ2n) is 5.69. The second kappa shape index (κ2) is 4.75. The summed E-state index contributed by atoms with van der Waals surface area (Å²) in [7, 11) is 0. The van der Waals surface area contributed by atoms with Crippen LogP contribution in [0.2, 0.25) is 5.02 Å². The van der Waals surface area contributed by atoms with Gasteiger partial charge in [0.25, 0.3) is 0 Å². The van der Waals surface area contributed by atoms with Gasteiger partial charge in [-0.2, -0.15) is 0 Å². The minimum Gasteiger partial charge on any atom is -0.252 e. The maximum absolute atomic E-state index is 6.50. The van der Waals surface area contributed by atoms with Gasteiger partial charge in [-0.05, 0) is 24.3 Å². The monoisotopic (exact) mass is 281 g/mol. The van der Waals surface area contributed by atoms with Crippen LogP contribution in [0.1, 0.15) is 37.3 Å². The molecule has 20 heavy (non-hydrogen) atoms.